The van der Waals surface area contributed by atoms with Gasteiger partial charge in [-0.15, -0.1) is 11.3 Å². The zero-order chi connectivity index (χ0) is 13.5. The Bertz CT molecular complexity index is 467. The molecular weight excluding hydrogens is 258 g/mol. The molecule has 0 aliphatic rings. The van der Waals surface area contributed by atoms with E-state index in [1.165, 1.54) is 4.88 Å². The van der Waals surface area contributed by atoms with Crippen LogP contribution in [0, 0.1) is 0 Å². The lowest BCUT2D eigenvalue weighted by atomic mass is 10.2. The highest BCUT2D eigenvalue weighted by Gasteiger charge is 2.18. The average molecular weight is 279 g/mol. The standard InChI is InChI=1S/C14H21N3OS/c1-3-18-10-5-7-15-13(12-6-4-11-19-12)14-16-8-9-17(14)2/h4,6,8-9,11,13,15H,3,5,7,10H2,1-2H3. The zero-order valence-electron chi connectivity index (χ0n) is 11.5. The summed E-state index contributed by atoms with van der Waals surface area (Å²) in [6.45, 7) is 4.54. The molecule has 0 spiro atoms. The van der Waals surface area contributed by atoms with Crippen LogP contribution in [-0.4, -0.2) is 29.3 Å². The molecule has 0 saturated carbocycles. The minimum atomic E-state index is 0.168. The van der Waals surface area contributed by atoms with E-state index in [1.807, 2.05) is 26.4 Å². The molecule has 2 aromatic rings. The van der Waals surface area contributed by atoms with Gasteiger partial charge in [-0.3, -0.25) is 0 Å². The van der Waals surface area contributed by atoms with Gasteiger partial charge in [0.05, 0.1) is 0 Å². The largest absolute Gasteiger partial charge is 0.382 e. The Kier molecular flexibility index (Phi) is 5.57. The van der Waals surface area contributed by atoms with Gasteiger partial charge < -0.3 is 14.6 Å². The summed E-state index contributed by atoms with van der Waals surface area (Å²) < 4.78 is 7.43. The SMILES string of the molecule is CCOCCCNC(c1cccs1)c1nccn1C. The summed E-state index contributed by atoms with van der Waals surface area (Å²) in [4.78, 5) is 5.76. The molecule has 2 heterocycles. The van der Waals surface area contributed by atoms with E-state index in [2.05, 4.69) is 32.4 Å². The van der Waals surface area contributed by atoms with Gasteiger partial charge in [0.1, 0.15) is 11.9 Å². The van der Waals surface area contributed by atoms with E-state index in [1.54, 1.807) is 11.3 Å². The molecule has 0 fully saturated rings. The number of nitrogens with one attached hydrogen (secondary N) is 1. The number of aromatic nitrogens is 2. The second kappa shape index (κ2) is 7.43. The van der Waals surface area contributed by atoms with Crippen LogP contribution in [0.4, 0.5) is 0 Å². The van der Waals surface area contributed by atoms with Crippen LogP contribution in [0.1, 0.15) is 30.1 Å². The summed E-state index contributed by atoms with van der Waals surface area (Å²) in [5, 5.41) is 5.68. The Morgan fingerprint density at radius 3 is 3.05 bits per heavy atom. The topological polar surface area (TPSA) is 39.1 Å². The highest BCUT2D eigenvalue weighted by molar-refractivity contribution is 7.10. The van der Waals surface area contributed by atoms with Crippen molar-refractivity contribution in [3.63, 3.8) is 0 Å². The third kappa shape index (κ3) is 3.89. The molecule has 0 radical (unpaired) electrons. The van der Waals surface area contributed by atoms with E-state index in [0.29, 0.717) is 0 Å². The van der Waals surface area contributed by atoms with Gasteiger partial charge >= 0.3 is 0 Å². The van der Waals surface area contributed by atoms with Crippen molar-refractivity contribution in [1.82, 2.24) is 14.9 Å². The first kappa shape index (κ1) is 14.2. The molecule has 19 heavy (non-hydrogen) atoms. The number of rotatable bonds is 8. The van der Waals surface area contributed by atoms with Crippen LogP contribution in [0.3, 0.4) is 0 Å². The maximum Gasteiger partial charge on any atom is 0.131 e. The van der Waals surface area contributed by atoms with Crippen LogP contribution in [0.2, 0.25) is 0 Å². The van der Waals surface area contributed by atoms with Crippen LogP contribution >= 0.6 is 11.3 Å². The van der Waals surface area contributed by atoms with Gasteiger partial charge in [0.15, 0.2) is 0 Å². The molecule has 2 aromatic heterocycles. The van der Waals surface area contributed by atoms with Crippen molar-refractivity contribution in [2.24, 2.45) is 7.05 Å². The molecule has 5 heteroatoms. The lowest BCUT2D eigenvalue weighted by molar-refractivity contribution is 0.144. The Morgan fingerprint density at radius 1 is 1.53 bits per heavy atom. The van der Waals surface area contributed by atoms with E-state index in [0.717, 1.165) is 32.0 Å². The molecule has 4 nitrogen and oxygen atoms in total. The third-order valence-electron chi connectivity index (χ3n) is 2.96. The van der Waals surface area contributed by atoms with Gasteiger partial charge in [0, 0.05) is 37.5 Å². The monoisotopic (exact) mass is 279 g/mol. The predicted octanol–water partition coefficient (Wildman–Crippen LogP) is 2.59. The molecular formula is C14H21N3OS. The fraction of sp³-hybridized carbons (Fsp3) is 0.500. The van der Waals surface area contributed by atoms with Crippen molar-refractivity contribution in [1.29, 1.82) is 0 Å². The summed E-state index contributed by atoms with van der Waals surface area (Å²) in [5.74, 6) is 1.05. The normalized spacial score (nSPS) is 12.7. The van der Waals surface area contributed by atoms with Gasteiger partial charge in [-0.1, -0.05) is 6.07 Å². The number of imidazole rings is 1. The first-order chi connectivity index (χ1) is 9.33. The summed E-state index contributed by atoms with van der Waals surface area (Å²) in [6, 6.07) is 4.40. The molecule has 0 aromatic carbocycles. The number of hydrogen-bond acceptors (Lipinski definition) is 4. The van der Waals surface area contributed by atoms with Crippen molar-refractivity contribution < 1.29 is 4.74 Å². The Balaban J connectivity index is 1.98. The molecule has 0 amide bonds. The minimum Gasteiger partial charge on any atom is -0.382 e. The summed E-state index contributed by atoms with van der Waals surface area (Å²) in [6.07, 6.45) is 4.84. The number of nitrogens with zero attached hydrogens (tertiary/aromatic N) is 2. The van der Waals surface area contributed by atoms with Crippen LogP contribution in [0.25, 0.3) is 0 Å². The summed E-state index contributed by atoms with van der Waals surface area (Å²) >= 11 is 1.76. The molecule has 1 atom stereocenters. The molecule has 0 aliphatic carbocycles. The van der Waals surface area contributed by atoms with Gasteiger partial charge in [-0.2, -0.15) is 0 Å². The van der Waals surface area contributed by atoms with E-state index < -0.39 is 0 Å². The third-order valence-corrected chi connectivity index (χ3v) is 3.90. The van der Waals surface area contributed by atoms with Gasteiger partial charge in [-0.05, 0) is 31.3 Å². The zero-order valence-corrected chi connectivity index (χ0v) is 12.3. The highest BCUT2D eigenvalue weighted by atomic mass is 32.1. The van der Waals surface area contributed by atoms with Crippen molar-refractivity contribution in [3.05, 3.63) is 40.6 Å². The van der Waals surface area contributed by atoms with E-state index in [-0.39, 0.29) is 6.04 Å². The lowest BCUT2D eigenvalue weighted by Gasteiger charge is -2.17. The van der Waals surface area contributed by atoms with E-state index >= 15 is 0 Å². The number of ether oxygens (including phenoxy) is 1. The van der Waals surface area contributed by atoms with Gasteiger partial charge in [0.2, 0.25) is 0 Å². The van der Waals surface area contributed by atoms with Gasteiger partial charge in [0.25, 0.3) is 0 Å². The molecule has 1 N–H and O–H groups in total. The number of hydrogen-bond donors (Lipinski definition) is 1. The molecule has 1 unspecified atom stereocenters. The van der Waals surface area contributed by atoms with Crippen LogP contribution in [-0.2, 0) is 11.8 Å². The van der Waals surface area contributed by atoms with Crippen molar-refractivity contribution in [2.45, 2.75) is 19.4 Å². The summed E-state index contributed by atoms with van der Waals surface area (Å²) in [5.41, 5.74) is 0. The molecule has 0 saturated heterocycles. The van der Waals surface area contributed by atoms with Crippen molar-refractivity contribution >= 4 is 11.3 Å². The smallest absolute Gasteiger partial charge is 0.131 e. The number of aryl methyl sites for hydroxylation is 1. The second-order valence-electron chi connectivity index (χ2n) is 4.35. The number of thiophene rings is 1. The minimum absolute atomic E-state index is 0.168. The average Bonchev–Trinajstić information content (AvgIpc) is 3.06. The fourth-order valence-electron chi connectivity index (χ4n) is 1.99. The second-order valence-corrected chi connectivity index (χ2v) is 5.33. The lowest BCUT2D eigenvalue weighted by Crippen LogP contribution is -2.26. The molecule has 2 rings (SSSR count). The maximum absolute atomic E-state index is 5.36. The highest BCUT2D eigenvalue weighted by Crippen LogP contribution is 2.24. The molecule has 104 valence electrons. The van der Waals surface area contributed by atoms with E-state index in [9.17, 15) is 0 Å². The quantitative estimate of drug-likeness (QED) is 0.755. The Labute approximate surface area is 118 Å². The van der Waals surface area contributed by atoms with Crippen LogP contribution in [0.15, 0.2) is 29.9 Å². The van der Waals surface area contributed by atoms with Crippen molar-refractivity contribution in [3.8, 4) is 0 Å². The van der Waals surface area contributed by atoms with Gasteiger partial charge in [-0.25, -0.2) is 4.98 Å². The van der Waals surface area contributed by atoms with Crippen LogP contribution < -0.4 is 5.32 Å². The Morgan fingerprint density at radius 2 is 2.42 bits per heavy atom. The fourth-order valence-corrected chi connectivity index (χ4v) is 2.79. The first-order valence-electron chi connectivity index (χ1n) is 6.64. The first-order valence-corrected chi connectivity index (χ1v) is 7.52. The van der Waals surface area contributed by atoms with E-state index in [4.69, 9.17) is 4.74 Å². The molecule has 0 bridgehead atoms. The maximum atomic E-state index is 5.36. The predicted molar refractivity (Wildman–Crippen MR) is 78.5 cm³/mol. The van der Waals surface area contributed by atoms with Crippen molar-refractivity contribution in [2.75, 3.05) is 19.8 Å². The summed E-state index contributed by atoms with van der Waals surface area (Å²) in [7, 11) is 2.03. The molecule has 0 aliphatic heterocycles. The Hall–Kier alpha value is -1.17. The van der Waals surface area contributed by atoms with Crippen LogP contribution in [0.5, 0.6) is 0 Å².